The fourth-order valence-corrected chi connectivity index (χ4v) is 5.07. The van der Waals surface area contributed by atoms with Crippen LogP contribution in [0.25, 0.3) is 0 Å². The summed E-state index contributed by atoms with van der Waals surface area (Å²) >= 11 is 0. The summed E-state index contributed by atoms with van der Waals surface area (Å²) in [6.07, 6.45) is -2.63. The van der Waals surface area contributed by atoms with E-state index in [1.807, 2.05) is 38.1 Å². The number of aryl methyl sites for hydroxylation is 2. The molecule has 2 aliphatic rings. The van der Waals surface area contributed by atoms with E-state index in [1.165, 1.54) is 48.5 Å². The standard InChI is InChI=1S/C36H30O10/c1-21-3-7-23(8-4-21)33(37)43-27-15-11-25(12-16-27)35(39)45-29-19-41-32-30(20-42-31(29)32)46-36(40)26-13-17-28(18-14-26)44-34(38)24-9-5-22(2)6-10-24/h3-18,29-32H,19-20H2,1-2H3/t29-,30+,31?,32?. The molecule has 2 unspecified atom stereocenters. The molecule has 0 radical (unpaired) electrons. The molecule has 0 aromatic heterocycles. The van der Waals surface area contributed by atoms with E-state index in [-0.39, 0.29) is 35.8 Å². The molecular weight excluding hydrogens is 592 g/mol. The first-order valence-electron chi connectivity index (χ1n) is 14.7. The van der Waals surface area contributed by atoms with Crippen LogP contribution < -0.4 is 9.47 Å². The van der Waals surface area contributed by atoms with Crippen molar-refractivity contribution >= 4 is 23.9 Å². The molecule has 2 fully saturated rings. The van der Waals surface area contributed by atoms with Gasteiger partial charge in [-0.05, 0) is 86.6 Å². The van der Waals surface area contributed by atoms with Crippen molar-refractivity contribution < 1.29 is 47.6 Å². The Hall–Kier alpha value is -5.32. The first-order chi connectivity index (χ1) is 22.2. The van der Waals surface area contributed by atoms with Gasteiger partial charge in [0.1, 0.15) is 23.7 Å². The molecule has 234 valence electrons. The van der Waals surface area contributed by atoms with Crippen LogP contribution in [-0.2, 0) is 18.9 Å². The van der Waals surface area contributed by atoms with Gasteiger partial charge in [0.15, 0.2) is 12.2 Å². The van der Waals surface area contributed by atoms with Crippen molar-refractivity contribution in [3.8, 4) is 11.5 Å². The second-order valence-electron chi connectivity index (χ2n) is 11.0. The number of hydrogen-bond donors (Lipinski definition) is 0. The summed E-state index contributed by atoms with van der Waals surface area (Å²) in [4.78, 5) is 50.4. The number of esters is 4. The van der Waals surface area contributed by atoms with Crippen molar-refractivity contribution in [1.82, 2.24) is 0 Å². The highest BCUT2D eigenvalue weighted by atomic mass is 16.7. The van der Waals surface area contributed by atoms with Crippen molar-refractivity contribution in [2.75, 3.05) is 13.2 Å². The van der Waals surface area contributed by atoms with E-state index in [0.717, 1.165) is 11.1 Å². The number of carbonyl (C=O) groups is 4. The number of fused-ring (bicyclic) bond motifs is 1. The van der Waals surface area contributed by atoms with Gasteiger partial charge in [0.25, 0.3) is 0 Å². The van der Waals surface area contributed by atoms with Crippen LogP contribution in [0.5, 0.6) is 11.5 Å². The molecule has 10 heteroatoms. The van der Waals surface area contributed by atoms with Gasteiger partial charge in [-0.3, -0.25) is 0 Å². The van der Waals surface area contributed by atoms with E-state index >= 15 is 0 Å². The number of hydrogen-bond acceptors (Lipinski definition) is 10. The summed E-state index contributed by atoms with van der Waals surface area (Å²) in [6.45, 7) is 3.99. The molecule has 0 saturated carbocycles. The highest BCUT2D eigenvalue weighted by molar-refractivity contribution is 5.93. The van der Waals surface area contributed by atoms with E-state index in [1.54, 1.807) is 24.3 Å². The Morgan fingerprint density at radius 2 is 0.783 bits per heavy atom. The first-order valence-corrected chi connectivity index (χ1v) is 14.7. The van der Waals surface area contributed by atoms with Gasteiger partial charge in [-0.1, -0.05) is 35.4 Å². The van der Waals surface area contributed by atoms with Crippen molar-refractivity contribution in [3.63, 3.8) is 0 Å². The van der Waals surface area contributed by atoms with Crippen molar-refractivity contribution in [1.29, 1.82) is 0 Å². The summed E-state index contributed by atoms with van der Waals surface area (Å²) in [6, 6.07) is 26.1. The molecule has 6 rings (SSSR count). The van der Waals surface area contributed by atoms with Crippen LogP contribution in [0.4, 0.5) is 0 Å². The van der Waals surface area contributed by atoms with Crippen molar-refractivity contribution in [2.45, 2.75) is 38.3 Å². The summed E-state index contributed by atoms with van der Waals surface area (Å²) in [5.41, 5.74) is 3.40. The maximum atomic E-state index is 12.9. The van der Waals surface area contributed by atoms with Crippen molar-refractivity contribution in [3.05, 3.63) is 130 Å². The van der Waals surface area contributed by atoms with E-state index in [2.05, 4.69) is 0 Å². The van der Waals surface area contributed by atoms with E-state index < -0.39 is 48.3 Å². The van der Waals surface area contributed by atoms with Gasteiger partial charge in [0, 0.05) is 0 Å². The Bertz CT molecular complexity index is 1600. The Morgan fingerprint density at radius 3 is 1.13 bits per heavy atom. The highest BCUT2D eigenvalue weighted by Gasteiger charge is 2.51. The molecule has 2 saturated heterocycles. The van der Waals surface area contributed by atoms with Gasteiger partial charge >= 0.3 is 23.9 Å². The molecule has 0 spiro atoms. The maximum Gasteiger partial charge on any atom is 0.343 e. The zero-order chi connectivity index (χ0) is 32.2. The smallest absolute Gasteiger partial charge is 0.343 e. The lowest BCUT2D eigenvalue weighted by atomic mass is 10.1. The average Bonchev–Trinajstić information content (AvgIpc) is 3.65. The van der Waals surface area contributed by atoms with E-state index in [9.17, 15) is 19.2 Å². The molecular formula is C36H30O10. The first kappa shape index (κ1) is 30.7. The zero-order valence-electron chi connectivity index (χ0n) is 25.0. The molecule has 46 heavy (non-hydrogen) atoms. The molecule has 4 atom stereocenters. The fourth-order valence-electron chi connectivity index (χ4n) is 5.07. The van der Waals surface area contributed by atoms with Gasteiger partial charge in [0.05, 0.1) is 35.5 Å². The van der Waals surface area contributed by atoms with Gasteiger partial charge in [-0.25, -0.2) is 19.2 Å². The Labute approximate surface area is 264 Å². The van der Waals surface area contributed by atoms with E-state index in [0.29, 0.717) is 11.1 Å². The summed E-state index contributed by atoms with van der Waals surface area (Å²) in [5.74, 6) is -1.64. The minimum absolute atomic E-state index is 0.0718. The molecule has 0 aliphatic carbocycles. The van der Waals surface area contributed by atoms with Gasteiger partial charge < -0.3 is 28.4 Å². The van der Waals surface area contributed by atoms with Crippen LogP contribution >= 0.6 is 0 Å². The fraction of sp³-hybridized carbons (Fsp3) is 0.222. The molecule has 10 nitrogen and oxygen atoms in total. The number of benzene rings is 4. The minimum atomic E-state index is -0.706. The predicted octanol–water partition coefficient (Wildman–Crippen LogP) is 5.29. The quantitative estimate of drug-likeness (QED) is 0.189. The number of ether oxygens (including phenoxy) is 6. The Kier molecular flexibility index (Phi) is 8.91. The third kappa shape index (κ3) is 6.98. The average molecular weight is 623 g/mol. The van der Waals surface area contributed by atoms with Crippen LogP contribution in [0.1, 0.15) is 52.6 Å². The normalized spacial score (nSPS) is 20.0. The molecule has 4 aromatic rings. The van der Waals surface area contributed by atoms with Gasteiger partial charge in [-0.2, -0.15) is 0 Å². The molecule has 2 aliphatic heterocycles. The van der Waals surface area contributed by atoms with Gasteiger partial charge in [-0.15, -0.1) is 0 Å². The topological polar surface area (TPSA) is 124 Å². The van der Waals surface area contributed by atoms with Gasteiger partial charge in [0.2, 0.25) is 0 Å². The van der Waals surface area contributed by atoms with Crippen molar-refractivity contribution in [2.24, 2.45) is 0 Å². The lowest BCUT2D eigenvalue weighted by Crippen LogP contribution is -2.36. The number of carbonyl (C=O) groups excluding carboxylic acids is 4. The third-order valence-electron chi connectivity index (χ3n) is 7.66. The zero-order valence-corrected chi connectivity index (χ0v) is 25.0. The predicted molar refractivity (Wildman–Crippen MR) is 163 cm³/mol. The highest BCUT2D eigenvalue weighted by Crippen LogP contribution is 2.32. The maximum absolute atomic E-state index is 12.9. The monoisotopic (exact) mass is 622 g/mol. The number of rotatable bonds is 8. The summed E-state index contributed by atoms with van der Waals surface area (Å²) in [7, 11) is 0. The SMILES string of the molecule is Cc1ccc(C(=O)Oc2ccc(C(=O)O[C@H]3COC4C3OC[C@H]4OC(=O)c3ccc(OC(=O)c4ccc(C)cc4)cc3)cc2)cc1. The molecule has 2 heterocycles. The van der Waals surface area contributed by atoms with Crippen LogP contribution in [0.3, 0.4) is 0 Å². The summed E-state index contributed by atoms with van der Waals surface area (Å²) < 4.78 is 33.7. The Morgan fingerprint density at radius 1 is 0.478 bits per heavy atom. The largest absolute Gasteiger partial charge is 0.453 e. The molecule has 0 amide bonds. The van der Waals surface area contributed by atoms with Crippen LogP contribution in [0.2, 0.25) is 0 Å². The second-order valence-corrected chi connectivity index (χ2v) is 11.0. The summed E-state index contributed by atoms with van der Waals surface area (Å²) in [5, 5.41) is 0. The Balaban J connectivity index is 0.985. The second kappa shape index (κ2) is 13.4. The lowest BCUT2D eigenvalue weighted by Gasteiger charge is -2.17. The molecule has 0 bridgehead atoms. The van der Waals surface area contributed by atoms with Crippen LogP contribution in [-0.4, -0.2) is 61.5 Å². The molecule has 4 aromatic carbocycles. The molecule has 0 N–H and O–H groups in total. The lowest BCUT2D eigenvalue weighted by molar-refractivity contribution is -0.0287. The van der Waals surface area contributed by atoms with Crippen LogP contribution in [0.15, 0.2) is 97.1 Å². The van der Waals surface area contributed by atoms with E-state index in [4.69, 9.17) is 28.4 Å². The van der Waals surface area contributed by atoms with Crippen LogP contribution in [0, 0.1) is 13.8 Å². The minimum Gasteiger partial charge on any atom is -0.453 e. The third-order valence-corrected chi connectivity index (χ3v) is 7.66.